The third kappa shape index (κ3) is 10.4. The van der Waals surface area contributed by atoms with Crippen LogP contribution in [-0.4, -0.2) is 102 Å². The second kappa shape index (κ2) is 18.6. The van der Waals surface area contributed by atoms with Crippen LogP contribution < -0.4 is 28.6 Å². The molecular formula is C41H59N7O7. The largest absolute Gasteiger partial charge is 0.497 e. The molecule has 1 unspecified atom stereocenters. The van der Waals surface area contributed by atoms with Gasteiger partial charge in [0.15, 0.2) is 11.5 Å². The maximum atomic E-state index is 12.6. The van der Waals surface area contributed by atoms with Crippen molar-refractivity contribution in [3.8, 4) is 29.0 Å². The number of hydrogen-bond donors (Lipinski definition) is 0. The lowest BCUT2D eigenvalue weighted by atomic mass is 9.98. The molecule has 0 bridgehead atoms. The van der Waals surface area contributed by atoms with E-state index in [1.807, 2.05) is 74.8 Å². The van der Waals surface area contributed by atoms with Gasteiger partial charge in [-0.05, 0) is 90.2 Å². The number of methoxy groups -OCH3 is 4. The van der Waals surface area contributed by atoms with Crippen LogP contribution in [0.5, 0.6) is 29.0 Å². The average Bonchev–Trinajstić information content (AvgIpc) is 3.58. The SMILES string of the molecule is CCCC(C)Oc1nc(N(Cc2ccc(OC)cc2OC)Cc2ccc(OC)cc2OC)c2ncc(CN3CCC(COC(=O)N(C)C(C)(C)C)CC3)n2n1. The molecule has 2 aromatic heterocycles. The number of imidazole rings is 1. The van der Waals surface area contributed by atoms with Crippen LogP contribution in [0.4, 0.5) is 10.6 Å². The van der Waals surface area contributed by atoms with E-state index in [9.17, 15) is 4.79 Å². The lowest BCUT2D eigenvalue weighted by Gasteiger charge is -2.33. The molecule has 0 N–H and O–H groups in total. The molecule has 300 valence electrons. The van der Waals surface area contributed by atoms with E-state index < -0.39 is 0 Å². The zero-order valence-electron chi connectivity index (χ0n) is 34.3. The summed E-state index contributed by atoms with van der Waals surface area (Å²) >= 11 is 0. The van der Waals surface area contributed by atoms with Crippen LogP contribution in [0.2, 0.25) is 0 Å². The first-order valence-corrected chi connectivity index (χ1v) is 19.1. The summed E-state index contributed by atoms with van der Waals surface area (Å²) in [6, 6.07) is 11.9. The van der Waals surface area contributed by atoms with Crippen molar-refractivity contribution in [3.63, 3.8) is 0 Å². The van der Waals surface area contributed by atoms with Crippen molar-refractivity contribution in [2.75, 3.05) is 60.1 Å². The number of hydrogen-bond acceptors (Lipinski definition) is 12. The van der Waals surface area contributed by atoms with E-state index in [0.29, 0.717) is 66.6 Å². The predicted molar refractivity (Wildman–Crippen MR) is 212 cm³/mol. The maximum absolute atomic E-state index is 12.6. The smallest absolute Gasteiger partial charge is 0.409 e. The highest BCUT2D eigenvalue weighted by Gasteiger charge is 2.28. The number of piperidine rings is 1. The summed E-state index contributed by atoms with van der Waals surface area (Å²) in [7, 11) is 8.36. The molecule has 3 heterocycles. The number of amides is 1. The summed E-state index contributed by atoms with van der Waals surface area (Å²) in [5.74, 6) is 3.69. The average molecular weight is 762 g/mol. The number of fused-ring (bicyclic) bond motifs is 1. The van der Waals surface area contributed by atoms with Gasteiger partial charge in [-0.2, -0.15) is 4.98 Å². The normalized spacial score (nSPS) is 14.4. The number of nitrogens with zero attached hydrogens (tertiary/aromatic N) is 7. The Hall–Kier alpha value is -4.98. The van der Waals surface area contributed by atoms with Gasteiger partial charge in [0, 0.05) is 55.5 Å². The monoisotopic (exact) mass is 761 g/mol. The van der Waals surface area contributed by atoms with Crippen LogP contribution in [0.15, 0.2) is 42.6 Å². The Morgan fingerprint density at radius 3 is 2.05 bits per heavy atom. The maximum Gasteiger partial charge on any atom is 0.409 e. The van der Waals surface area contributed by atoms with Gasteiger partial charge in [-0.15, -0.1) is 5.10 Å². The van der Waals surface area contributed by atoms with Crippen LogP contribution in [0, 0.1) is 5.92 Å². The second-order valence-electron chi connectivity index (χ2n) is 15.2. The molecule has 1 aliphatic heterocycles. The molecule has 1 fully saturated rings. The van der Waals surface area contributed by atoms with E-state index in [-0.39, 0.29) is 23.7 Å². The molecule has 2 aromatic carbocycles. The van der Waals surface area contributed by atoms with Crippen LogP contribution in [-0.2, 0) is 24.4 Å². The molecule has 1 saturated heterocycles. The Morgan fingerprint density at radius 2 is 1.53 bits per heavy atom. The van der Waals surface area contributed by atoms with E-state index >= 15 is 0 Å². The molecule has 4 aromatic rings. The molecule has 0 radical (unpaired) electrons. The standard InChI is InChI=1S/C41H59N7O7/c1-11-12-28(2)55-39-43-38(47(24-30-13-15-33(50-7)21-35(30)52-9)25-31-14-16-34(51-8)22-36(31)53-10)37-42-23-32(48(37)44-39)26-46-19-17-29(18-20-46)27-54-40(49)45(6)41(3,4)5/h13-16,21-23,28-29H,11-12,17-20,24-27H2,1-10H3. The minimum absolute atomic E-state index is 0.0876. The number of likely N-dealkylation sites (tertiary alicyclic amines) is 1. The molecule has 0 spiro atoms. The van der Waals surface area contributed by atoms with Crippen LogP contribution >= 0.6 is 0 Å². The summed E-state index contributed by atoms with van der Waals surface area (Å²) in [4.78, 5) is 28.8. The quantitative estimate of drug-likeness (QED) is 0.110. The fraction of sp³-hybridized carbons (Fsp3) is 0.561. The summed E-state index contributed by atoms with van der Waals surface area (Å²) in [5.41, 5.74) is 3.10. The Morgan fingerprint density at radius 1 is 0.927 bits per heavy atom. The highest BCUT2D eigenvalue weighted by atomic mass is 16.6. The fourth-order valence-electron chi connectivity index (χ4n) is 6.59. The zero-order valence-corrected chi connectivity index (χ0v) is 34.3. The number of carbonyl (C=O) groups excluding carboxylic acids is 1. The minimum Gasteiger partial charge on any atom is -0.497 e. The van der Waals surface area contributed by atoms with Crippen molar-refractivity contribution in [2.45, 2.75) is 91.6 Å². The topological polar surface area (TPSA) is 125 Å². The minimum atomic E-state index is -0.293. The Labute approximate surface area is 325 Å². The zero-order chi connectivity index (χ0) is 39.7. The second-order valence-corrected chi connectivity index (χ2v) is 15.2. The Bertz CT molecular complexity index is 1810. The van der Waals surface area contributed by atoms with Gasteiger partial charge >= 0.3 is 12.1 Å². The molecule has 0 aliphatic carbocycles. The lowest BCUT2D eigenvalue weighted by Crippen LogP contribution is -2.43. The summed E-state index contributed by atoms with van der Waals surface area (Å²) in [5, 5.41) is 4.92. The first-order valence-electron chi connectivity index (χ1n) is 19.1. The van der Waals surface area contributed by atoms with Crippen molar-refractivity contribution in [2.24, 2.45) is 5.92 Å². The molecule has 1 atom stereocenters. The highest BCUT2D eigenvalue weighted by molar-refractivity contribution is 5.68. The molecule has 1 amide bonds. The van der Waals surface area contributed by atoms with Crippen LogP contribution in [0.25, 0.3) is 5.65 Å². The highest BCUT2D eigenvalue weighted by Crippen LogP contribution is 2.33. The van der Waals surface area contributed by atoms with Crippen molar-refractivity contribution in [1.29, 1.82) is 0 Å². The summed E-state index contributed by atoms with van der Waals surface area (Å²) in [6.07, 6.45) is 5.18. The summed E-state index contributed by atoms with van der Waals surface area (Å²) in [6.45, 7) is 13.8. The third-order valence-electron chi connectivity index (χ3n) is 10.2. The van der Waals surface area contributed by atoms with E-state index in [4.69, 9.17) is 43.5 Å². The number of benzene rings is 2. The third-order valence-corrected chi connectivity index (χ3v) is 10.2. The molecule has 14 nitrogen and oxygen atoms in total. The molecule has 1 aliphatic rings. The molecule has 14 heteroatoms. The first kappa shape index (κ1) is 41.2. The number of anilines is 1. The van der Waals surface area contributed by atoms with E-state index in [1.165, 1.54) is 0 Å². The molecule has 0 saturated carbocycles. The van der Waals surface area contributed by atoms with Gasteiger partial charge in [0.25, 0.3) is 0 Å². The molecule has 55 heavy (non-hydrogen) atoms. The number of rotatable bonds is 17. The van der Waals surface area contributed by atoms with Crippen molar-refractivity contribution in [3.05, 3.63) is 59.4 Å². The van der Waals surface area contributed by atoms with Crippen molar-refractivity contribution in [1.82, 2.24) is 29.4 Å². The van der Waals surface area contributed by atoms with Gasteiger partial charge in [-0.1, -0.05) is 13.3 Å². The van der Waals surface area contributed by atoms with Gasteiger partial charge in [-0.25, -0.2) is 14.3 Å². The van der Waals surface area contributed by atoms with Gasteiger partial charge in [0.2, 0.25) is 0 Å². The Balaban J connectivity index is 1.47. The molecular weight excluding hydrogens is 702 g/mol. The van der Waals surface area contributed by atoms with E-state index in [0.717, 1.165) is 55.6 Å². The van der Waals surface area contributed by atoms with E-state index in [1.54, 1.807) is 40.4 Å². The van der Waals surface area contributed by atoms with Gasteiger partial charge in [-0.3, -0.25) is 4.90 Å². The van der Waals surface area contributed by atoms with Crippen LogP contribution in [0.1, 0.15) is 77.1 Å². The van der Waals surface area contributed by atoms with Crippen molar-refractivity contribution < 1.29 is 33.2 Å². The van der Waals surface area contributed by atoms with Gasteiger partial charge in [0.05, 0.1) is 53.0 Å². The number of aromatic nitrogens is 4. The predicted octanol–water partition coefficient (Wildman–Crippen LogP) is 7.01. The van der Waals surface area contributed by atoms with Crippen LogP contribution in [0.3, 0.4) is 0 Å². The van der Waals surface area contributed by atoms with Gasteiger partial charge < -0.3 is 38.2 Å². The van der Waals surface area contributed by atoms with E-state index in [2.05, 4.69) is 16.7 Å². The lowest BCUT2D eigenvalue weighted by molar-refractivity contribution is 0.0548. The molecule has 5 rings (SSSR count). The van der Waals surface area contributed by atoms with Crippen molar-refractivity contribution >= 4 is 17.6 Å². The summed E-state index contributed by atoms with van der Waals surface area (Å²) < 4.78 is 36.6. The number of carbonyl (C=O) groups is 1. The number of ether oxygens (including phenoxy) is 6. The Kier molecular flexibility index (Phi) is 13.9. The first-order chi connectivity index (χ1) is 26.4. The van der Waals surface area contributed by atoms with Gasteiger partial charge in [0.1, 0.15) is 23.0 Å². The fourth-order valence-corrected chi connectivity index (χ4v) is 6.59.